The summed E-state index contributed by atoms with van der Waals surface area (Å²) in [5.74, 6) is -1.08. The number of nitrogens with zero attached hydrogens (tertiary/aromatic N) is 1. The summed E-state index contributed by atoms with van der Waals surface area (Å²) in [6.07, 6.45) is -3.47. The SMILES string of the molecule is C[C@]12CCC(=O)N1[C@@H](C(=O)NNC(=O)COc1cccc(C(F)(F)F)c1)CS2. The van der Waals surface area contributed by atoms with Crippen LogP contribution in [0.25, 0.3) is 0 Å². The van der Waals surface area contributed by atoms with Gasteiger partial charge in [-0.2, -0.15) is 13.2 Å². The van der Waals surface area contributed by atoms with Gasteiger partial charge in [0.25, 0.3) is 11.8 Å². The highest BCUT2D eigenvalue weighted by molar-refractivity contribution is 8.01. The molecule has 2 N–H and O–H groups in total. The van der Waals surface area contributed by atoms with Gasteiger partial charge in [-0.05, 0) is 31.5 Å². The number of thioether (sulfide) groups is 1. The van der Waals surface area contributed by atoms with Crippen molar-refractivity contribution in [1.82, 2.24) is 15.8 Å². The molecule has 2 atom stereocenters. The fourth-order valence-electron chi connectivity index (χ4n) is 3.18. The summed E-state index contributed by atoms with van der Waals surface area (Å²) in [5.41, 5.74) is 3.50. The number of alkyl halides is 3. The topological polar surface area (TPSA) is 87.7 Å². The maximum absolute atomic E-state index is 12.7. The standard InChI is InChI=1S/C17H18F3N3O4S/c1-16-6-5-14(25)23(16)12(9-28-16)15(26)22-21-13(24)8-27-11-4-2-3-10(7-11)17(18,19)20/h2-4,7,12H,5-6,8-9H2,1H3,(H,21,24)(H,22,26)/t12-,16+/m1/s1. The van der Waals surface area contributed by atoms with E-state index in [1.807, 2.05) is 6.92 Å². The molecule has 0 bridgehead atoms. The van der Waals surface area contributed by atoms with Crippen molar-refractivity contribution >= 4 is 29.5 Å². The predicted octanol–water partition coefficient (Wildman–Crippen LogP) is 1.69. The van der Waals surface area contributed by atoms with Crippen LogP contribution in [-0.4, -0.2) is 45.9 Å². The number of hydrogen-bond acceptors (Lipinski definition) is 5. The van der Waals surface area contributed by atoms with Crippen LogP contribution >= 0.6 is 11.8 Å². The molecule has 3 amide bonds. The summed E-state index contributed by atoms with van der Waals surface area (Å²) >= 11 is 1.52. The van der Waals surface area contributed by atoms with Gasteiger partial charge in [0, 0.05) is 12.2 Å². The second-order valence-corrected chi connectivity index (χ2v) is 8.12. The smallest absolute Gasteiger partial charge is 0.416 e. The van der Waals surface area contributed by atoms with Crippen LogP contribution < -0.4 is 15.6 Å². The second-order valence-electron chi connectivity index (χ2n) is 6.62. The van der Waals surface area contributed by atoms with E-state index in [0.29, 0.717) is 18.6 Å². The molecule has 152 valence electrons. The zero-order chi connectivity index (χ0) is 20.5. The number of halogens is 3. The molecular formula is C17H18F3N3O4S. The van der Waals surface area contributed by atoms with Gasteiger partial charge in [0.05, 0.1) is 10.4 Å². The van der Waals surface area contributed by atoms with E-state index in [1.54, 1.807) is 0 Å². The summed E-state index contributed by atoms with van der Waals surface area (Å²) in [6.45, 7) is 1.32. The Balaban J connectivity index is 1.49. The molecule has 3 rings (SSSR count). The molecule has 0 radical (unpaired) electrons. The zero-order valence-corrected chi connectivity index (χ0v) is 15.7. The Labute approximate surface area is 162 Å². The number of benzene rings is 1. The number of amides is 3. The number of ether oxygens (including phenoxy) is 1. The fraction of sp³-hybridized carbons (Fsp3) is 0.471. The minimum atomic E-state index is -4.52. The Hall–Kier alpha value is -2.43. The minimum Gasteiger partial charge on any atom is -0.484 e. The molecule has 0 saturated carbocycles. The van der Waals surface area contributed by atoms with Crippen molar-refractivity contribution in [1.29, 1.82) is 0 Å². The Morgan fingerprint density at radius 1 is 1.36 bits per heavy atom. The molecule has 2 aliphatic rings. The van der Waals surface area contributed by atoms with Gasteiger partial charge in [0.2, 0.25) is 5.91 Å². The van der Waals surface area contributed by atoms with Gasteiger partial charge in [0.1, 0.15) is 11.8 Å². The fourth-order valence-corrected chi connectivity index (χ4v) is 4.61. The Morgan fingerprint density at radius 3 is 2.82 bits per heavy atom. The van der Waals surface area contributed by atoms with Gasteiger partial charge in [0.15, 0.2) is 6.61 Å². The molecule has 28 heavy (non-hydrogen) atoms. The van der Waals surface area contributed by atoms with E-state index >= 15 is 0 Å². The number of carbonyl (C=O) groups excluding carboxylic acids is 3. The average molecular weight is 417 g/mol. The maximum atomic E-state index is 12.7. The van der Waals surface area contributed by atoms with E-state index in [1.165, 1.54) is 28.8 Å². The van der Waals surface area contributed by atoms with Crippen molar-refractivity contribution in [2.45, 2.75) is 36.9 Å². The van der Waals surface area contributed by atoms with Gasteiger partial charge in [-0.25, -0.2) is 0 Å². The third-order valence-electron chi connectivity index (χ3n) is 4.60. The van der Waals surface area contributed by atoms with Gasteiger partial charge in [-0.1, -0.05) is 6.07 Å². The quantitative estimate of drug-likeness (QED) is 0.728. The van der Waals surface area contributed by atoms with Crippen LogP contribution in [-0.2, 0) is 20.6 Å². The lowest BCUT2D eigenvalue weighted by molar-refractivity contribution is -0.139. The third kappa shape index (κ3) is 4.18. The third-order valence-corrected chi connectivity index (χ3v) is 6.11. The monoisotopic (exact) mass is 417 g/mol. The first kappa shape index (κ1) is 20.3. The van der Waals surface area contributed by atoms with Crippen LogP contribution in [0.1, 0.15) is 25.3 Å². The molecular weight excluding hydrogens is 399 g/mol. The summed E-state index contributed by atoms with van der Waals surface area (Å²) in [6, 6.07) is 3.44. The molecule has 2 saturated heterocycles. The van der Waals surface area contributed by atoms with Gasteiger partial charge < -0.3 is 9.64 Å². The highest BCUT2D eigenvalue weighted by Crippen LogP contribution is 2.47. The normalized spacial score (nSPS) is 24.1. The first-order valence-corrected chi connectivity index (χ1v) is 9.43. The van der Waals surface area contributed by atoms with Gasteiger partial charge in [-0.15, -0.1) is 11.8 Å². The van der Waals surface area contributed by atoms with E-state index in [2.05, 4.69) is 10.9 Å². The molecule has 11 heteroatoms. The van der Waals surface area contributed by atoms with Gasteiger partial charge in [-0.3, -0.25) is 25.2 Å². The molecule has 0 unspecified atom stereocenters. The van der Waals surface area contributed by atoms with Crippen LogP contribution in [0, 0.1) is 0 Å². The highest BCUT2D eigenvalue weighted by atomic mass is 32.2. The molecule has 2 aliphatic heterocycles. The van der Waals surface area contributed by atoms with E-state index in [0.717, 1.165) is 12.1 Å². The molecule has 2 heterocycles. The summed E-state index contributed by atoms with van der Waals surface area (Å²) in [7, 11) is 0. The van der Waals surface area contributed by atoms with Crippen LogP contribution in [0.3, 0.4) is 0 Å². The number of rotatable bonds is 4. The number of hydrogen-bond donors (Lipinski definition) is 2. The number of nitrogens with one attached hydrogen (secondary N) is 2. The minimum absolute atomic E-state index is 0.105. The van der Waals surface area contributed by atoms with Crippen LogP contribution in [0.2, 0.25) is 0 Å². The van der Waals surface area contributed by atoms with Crippen molar-refractivity contribution in [3.8, 4) is 5.75 Å². The van der Waals surface area contributed by atoms with Crippen LogP contribution in [0.4, 0.5) is 13.2 Å². The first-order chi connectivity index (χ1) is 13.1. The highest BCUT2D eigenvalue weighted by Gasteiger charge is 2.52. The largest absolute Gasteiger partial charge is 0.484 e. The van der Waals surface area contributed by atoms with Crippen LogP contribution in [0.15, 0.2) is 24.3 Å². The van der Waals surface area contributed by atoms with E-state index in [-0.39, 0.29) is 11.7 Å². The Kier molecular flexibility index (Phi) is 5.46. The molecule has 2 fully saturated rings. The molecule has 7 nitrogen and oxygen atoms in total. The van der Waals surface area contributed by atoms with E-state index in [9.17, 15) is 27.6 Å². The second kappa shape index (κ2) is 7.53. The van der Waals surface area contributed by atoms with E-state index < -0.39 is 41.1 Å². The molecule has 0 spiro atoms. The lowest BCUT2D eigenvalue weighted by Crippen LogP contribution is -2.54. The lowest BCUT2D eigenvalue weighted by atomic mass is 10.2. The predicted molar refractivity (Wildman–Crippen MR) is 94.0 cm³/mol. The van der Waals surface area contributed by atoms with Crippen molar-refractivity contribution in [3.63, 3.8) is 0 Å². The number of hydrazine groups is 1. The molecule has 0 aliphatic carbocycles. The first-order valence-electron chi connectivity index (χ1n) is 8.45. The molecule has 1 aromatic carbocycles. The Bertz CT molecular complexity index is 804. The van der Waals surface area contributed by atoms with Crippen LogP contribution in [0.5, 0.6) is 5.75 Å². The molecule has 1 aromatic rings. The average Bonchev–Trinajstić information content (AvgIpc) is 3.13. The zero-order valence-electron chi connectivity index (χ0n) is 14.8. The van der Waals surface area contributed by atoms with Crippen molar-refractivity contribution in [3.05, 3.63) is 29.8 Å². The summed E-state index contributed by atoms with van der Waals surface area (Å²) in [5, 5.41) is 0. The maximum Gasteiger partial charge on any atom is 0.416 e. The van der Waals surface area contributed by atoms with Crippen molar-refractivity contribution < 1.29 is 32.3 Å². The van der Waals surface area contributed by atoms with Crippen molar-refractivity contribution in [2.24, 2.45) is 0 Å². The lowest BCUT2D eigenvalue weighted by Gasteiger charge is -2.29. The summed E-state index contributed by atoms with van der Waals surface area (Å²) in [4.78, 5) is 37.3. The van der Waals surface area contributed by atoms with E-state index in [4.69, 9.17) is 4.74 Å². The van der Waals surface area contributed by atoms with Gasteiger partial charge >= 0.3 is 6.18 Å². The Morgan fingerprint density at radius 2 is 2.11 bits per heavy atom. The number of carbonyl (C=O) groups is 3. The van der Waals surface area contributed by atoms with Crippen molar-refractivity contribution in [2.75, 3.05) is 12.4 Å². The number of fused-ring (bicyclic) bond motifs is 1. The summed E-state index contributed by atoms with van der Waals surface area (Å²) < 4.78 is 43.0. The molecule has 0 aromatic heterocycles.